The highest BCUT2D eigenvalue weighted by atomic mass is 16.6. The maximum absolute atomic E-state index is 12.7. The smallest absolute Gasteiger partial charge is 0.306 e. The van der Waals surface area contributed by atoms with E-state index >= 15 is 0 Å². The largest absolute Gasteiger partial charge is 0.462 e. The number of unbranched alkanes of at least 4 members (excludes halogenated alkanes) is 28. The van der Waals surface area contributed by atoms with Crippen LogP contribution in [0.4, 0.5) is 0 Å². The fourth-order valence-electron chi connectivity index (χ4n) is 7.31. The average Bonchev–Trinajstić information content (AvgIpc) is 3.26. The number of ether oxygens (including phenoxy) is 3. The summed E-state index contributed by atoms with van der Waals surface area (Å²) in [6.07, 6.45) is 59.7. The van der Waals surface area contributed by atoms with Crippen LogP contribution in [0, 0.1) is 0 Å². The quantitative estimate of drug-likeness (QED) is 0.0263. The molecule has 0 aromatic heterocycles. The molecule has 0 bridgehead atoms. The molecule has 0 fully saturated rings. The second kappa shape index (κ2) is 50.0. The van der Waals surface area contributed by atoms with E-state index in [2.05, 4.69) is 63.3 Å². The van der Waals surface area contributed by atoms with Crippen LogP contribution in [0.1, 0.15) is 265 Å². The molecule has 61 heavy (non-hydrogen) atoms. The lowest BCUT2D eigenvalue weighted by molar-refractivity contribution is -0.166. The summed E-state index contributed by atoms with van der Waals surface area (Å²) >= 11 is 0. The first-order valence-corrected chi connectivity index (χ1v) is 26.1. The van der Waals surface area contributed by atoms with Gasteiger partial charge in [-0.2, -0.15) is 0 Å². The summed E-state index contributed by atoms with van der Waals surface area (Å²) in [5.41, 5.74) is 0. The fourth-order valence-corrected chi connectivity index (χ4v) is 7.31. The van der Waals surface area contributed by atoms with E-state index in [1.807, 2.05) is 6.08 Å². The van der Waals surface area contributed by atoms with E-state index in [1.165, 1.54) is 154 Å². The highest BCUT2D eigenvalue weighted by Crippen LogP contribution is 2.14. The van der Waals surface area contributed by atoms with Gasteiger partial charge in [-0.15, -0.1) is 0 Å². The van der Waals surface area contributed by atoms with Crippen molar-refractivity contribution in [3.8, 4) is 0 Å². The summed E-state index contributed by atoms with van der Waals surface area (Å²) in [6, 6.07) is 0. The van der Waals surface area contributed by atoms with Crippen molar-refractivity contribution in [2.75, 3.05) is 13.2 Å². The molecular formula is C55H98O6. The van der Waals surface area contributed by atoms with E-state index in [0.29, 0.717) is 19.3 Å². The van der Waals surface area contributed by atoms with E-state index < -0.39 is 6.10 Å². The Balaban J connectivity index is 4.41. The maximum atomic E-state index is 12.7. The fraction of sp³-hybridized carbons (Fsp3) is 0.800. The number of allylic oxidation sites excluding steroid dienone is 8. The van der Waals surface area contributed by atoms with Crippen LogP contribution in [0.2, 0.25) is 0 Å². The lowest BCUT2D eigenvalue weighted by atomic mass is 10.1. The lowest BCUT2D eigenvalue weighted by Crippen LogP contribution is -2.30. The van der Waals surface area contributed by atoms with Gasteiger partial charge < -0.3 is 14.2 Å². The summed E-state index contributed by atoms with van der Waals surface area (Å²) in [4.78, 5) is 37.9. The zero-order valence-electron chi connectivity index (χ0n) is 40.4. The van der Waals surface area contributed by atoms with Gasteiger partial charge >= 0.3 is 17.9 Å². The Labute approximate surface area is 378 Å². The zero-order valence-corrected chi connectivity index (χ0v) is 40.4. The van der Waals surface area contributed by atoms with Crippen molar-refractivity contribution in [2.24, 2.45) is 0 Å². The third-order valence-corrected chi connectivity index (χ3v) is 11.3. The molecule has 1 atom stereocenters. The molecule has 0 saturated heterocycles. The Morgan fingerprint density at radius 1 is 0.328 bits per heavy atom. The van der Waals surface area contributed by atoms with Crippen LogP contribution in [0.15, 0.2) is 48.6 Å². The van der Waals surface area contributed by atoms with E-state index in [9.17, 15) is 14.4 Å². The second-order valence-corrected chi connectivity index (χ2v) is 17.4. The van der Waals surface area contributed by atoms with Crippen molar-refractivity contribution in [2.45, 2.75) is 271 Å². The number of esters is 3. The predicted octanol–water partition coefficient (Wildman–Crippen LogP) is 17.1. The third kappa shape index (κ3) is 48.3. The molecule has 0 aromatic rings. The molecule has 0 saturated carbocycles. The zero-order chi connectivity index (χ0) is 44.4. The molecule has 354 valence electrons. The van der Waals surface area contributed by atoms with Gasteiger partial charge in [0, 0.05) is 19.3 Å². The molecule has 0 aliphatic heterocycles. The summed E-state index contributed by atoms with van der Waals surface area (Å²) in [5.74, 6) is -0.982. The molecule has 0 radical (unpaired) electrons. The predicted molar refractivity (Wildman–Crippen MR) is 261 cm³/mol. The van der Waals surface area contributed by atoms with Crippen molar-refractivity contribution >= 4 is 17.9 Å². The van der Waals surface area contributed by atoms with Crippen molar-refractivity contribution in [3.63, 3.8) is 0 Å². The lowest BCUT2D eigenvalue weighted by Gasteiger charge is -2.18. The average molecular weight is 855 g/mol. The highest BCUT2D eigenvalue weighted by molar-refractivity contribution is 5.71. The van der Waals surface area contributed by atoms with Gasteiger partial charge in [0.15, 0.2) is 6.10 Å². The third-order valence-electron chi connectivity index (χ3n) is 11.3. The van der Waals surface area contributed by atoms with Crippen LogP contribution < -0.4 is 0 Å². The Morgan fingerprint density at radius 2 is 0.623 bits per heavy atom. The first-order valence-electron chi connectivity index (χ1n) is 26.1. The second-order valence-electron chi connectivity index (χ2n) is 17.4. The molecule has 0 aliphatic carbocycles. The van der Waals surface area contributed by atoms with Crippen LogP contribution >= 0.6 is 0 Å². The van der Waals surface area contributed by atoms with Gasteiger partial charge in [-0.25, -0.2) is 0 Å². The Kier molecular flexibility index (Phi) is 47.9. The van der Waals surface area contributed by atoms with E-state index in [4.69, 9.17) is 14.2 Å². The van der Waals surface area contributed by atoms with Crippen LogP contribution in [0.25, 0.3) is 0 Å². The van der Waals surface area contributed by atoms with Crippen LogP contribution in [-0.4, -0.2) is 37.2 Å². The summed E-state index contributed by atoms with van der Waals surface area (Å²) in [5, 5.41) is 0. The van der Waals surface area contributed by atoms with Gasteiger partial charge in [-0.05, 0) is 89.9 Å². The molecular weight excluding hydrogens is 757 g/mol. The number of rotatable bonds is 47. The minimum absolute atomic E-state index is 0.102. The van der Waals surface area contributed by atoms with E-state index in [0.717, 1.165) is 64.2 Å². The minimum atomic E-state index is -0.808. The molecule has 0 amide bonds. The molecule has 0 aromatic carbocycles. The van der Waals surface area contributed by atoms with Crippen molar-refractivity contribution < 1.29 is 28.6 Å². The minimum Gasteiger partial charge on any atom is -0.462 e. The van der Waals surface area contributed by atoms with Crippen LogP contribution in [-0.2, 0) is 28.6 Å². The normalized spacial score (nSPS) is 12.4. The molecule has 0 N–H and O–H groups in total. The molecule has 0 rings (SSSR count). The molecule has 0 heterocycles. The Morgan fingerprint density at radius 3 is 1.02 bits per heavy atom. The van der Waals surface area contributed by atoms with E-state index in [-0.39, 0.29) is 37.5 Å². The number of hydrogen-bond acceptors (Lipinski definition) is 6. The summed E-state index contributed by atoms with van der Waals surface area (Å²) in [6.45, 7) is 6.55. The van der Waals surface area contributed by atoms with Gasteiger partial charge in [0.05, 0.1) is 0 Å². The van der Waals surface area contributed by atoms with Crippen LogP contribution in [0.3, 0.4) is 0 Å². The van der Waals surface area contributed by atoms with Crippen molar-refractivity contribution in [1.29, 1.82) is 0 Å². The summed E-state index contributed by atoms with van der Waals surface area (Å²) in [7, 11) is 0. The topological polar surface area (TPSA) is 78.9 Å². The van der Waals surface area contributed by atoms with E-state index in [1.54, 1.807) is 0 Å². The van der Waals surface area contributed by atoms with Gasteiger partial charge in [0.2, 0.25) is 0 Å². The molecule has 1 unspecified atom stereocenters. The van der Waals surface area contributed by atoms with Gasteiger partial charge in [-0.3, -0.25) is 14.4 Å². The Hall–Kier alpha value is -2.63. The molecule has 6 nitrogen and oxygen atoms in total. The highest BCUT2D eigenvalue weighted by Gasteiger charge is 2.19. The molecule has 6 heteroatoms. The SMILES string of the molecule is CCCCC/C=C\CCCCCCCC(=O)OCC(COC(=O)CCCCCCC/C=C\CCCCCCCCCCC)OC(=O)CC/C=C\C/C=C\CCCCCCCC. The Bertz CT molecular complexity index is 1070. The van der Waals surface area contributed by atoms with Crippen molar-refractivity contribution in [3.05, 3.63) is 48.6 Å². The monoisotopic (exact) mass is 855 g/mol. The molecule has 0 spiro atoms. The number of carbonyl (C=O) groups excluding carboxylic acids is 3. The standard InChI is InChI=1S/C55H98O6/c1-4-7-10-13-16-19-22-25-26-27-28-29-31-33-36-39-42-45-48-54(57)60-51-52(50-59-53(56)47-44-41-38-35-32-24-21-18-15-12-9-6-3)61-55(58)49-46-43-40-37-34-30-23-20-17-14-11-8-5-2/h18,21,28-30,34,40,43,52H,4-17,19-20,22-27,31-33,35-39,41-42,44-51H2,1-3H3/b21-18-,29-28-,34-30-,43-40-. The van der Waals surface area contributed by atoms with Crippen molar-refractivity contribution in [1.82, 2.24) is 0 Å². The number of hydrogen-bond donors (Lipinski definition) is 0. The van der Waals surface area contributed by atoms with Gasteiger partial charge in [0.25, 0.3) is 0 Å². The van der Waals surface area contributed by atoms with Crippen LogP contribution in [0.5, 0.6) is 0 Å². The number of carbonyl (C=O) groups is 3. The van der Waals surface area contributed by atoms with Gasteiger partial charge in [0.1, 0.15) is 13.2 Å². The van der Waals surface area contributed by atoms with Gasteiger partial charge in [-0.1, -0.05) is 204 Å². The molecule has 0 aliphatic rings. The maximum Gasteiger partial charge on any atom is 0.306 e. The first-order chi connectivity index (χ1) is 30.0. The first kappa shape index (κ1) is 58.4. The summed E-state index contributed by atoms with van der Waals surface area (Å²) < 4.78 is 16.7.